The maximum absolute atomic E-state index is 10.9. The lowest BCUT2D eigenvalue weighted by molar-refractivity contribution is -0.384. The van der Waals surface area contributed by atoms with E-state index in [4.69, 9.17) is 4.98 Å². The van der Waals surface area contributed by atoms with Crippen molar-refractivity contribution in [3.05, 3.63) is 46.1 Å². The minimum Gasteiger partial charge on any atom is -0.367 e. The Morgan fingerprint density at radius 1 is 1.06 bits per heavy atom. The number of hydrogen-bond donors (Lipinski definition) is 1. The number of nitro groups is 1. The predicted octanol–water partition coefficient (Wildman–Crippen LogP) is 3.58. The molecule has 0 radical (unpaired) electrons. The Morgan fingerprint density at radius 2 is 1.74 bits per heavy atom. The predicted molar refractivity (Wildman–Crippen MR) is 122 cm³/mol. The molecule has 0 aliphatic carbocycles. The molecule has 166 valence electrons. The van der Waals surface area contributed by atoms with Gasteiger partial charge in [0.1, 0.15) is 5.82 Å². The third-order valence-corrected chi connectivity index (χ3v) is 6.56. The van der Waals surface area contributed by atoms with Crippen LogP contribution in [0.1, 0.15) is 38.3 Å². The normalized spacial score (nSPS) is 19.4. The zero-order valence-corrected chi connectivity index (χ0v) is 18.5. The largest absolute Gasteiger partial charge is 0.367 e. The van der Waals surface area contributed by atoms with Crippen molar-refractivity contribution in [2.75, 3.05) is 38.5 Å². The SMILES string of the molecule is CCc1cc(NC2CCN(C3CCN(C)CC3)CC2)nc(-c2ccc([N+](=O)[O-])cc2)n1. The molecule has 0 saturated carbocycles. The highest BCUT2D eigenvalue weighted by molar-refractivity contribution is 5.59. The maximum Gasteiger partial charge on any atom is 0.269 e. The highest BCUT2D eigenvalue weighted by Gasteiger charge is 2.27. The second-order valence-electron chi connectivity index (χ2n) is 8.71. The van der Waals surface area contributed by atoms with Crippen molar-refractivity contribution in [1.29, 1.82) is 0 Å². The van der Waals surface area contributed by atoms with E-state index < -0.39 is 4.92 Å². The summed E-state index contributed by atoms with van der Waals surface area (Å²) in [6.07, 6.45) is 5.60. The van der Waals surface area contributed by atoms with Crippen LogP contribution in [0.15, 0.2) is 30.3 Å². The van der Waals surface area contributed by atoms with Crippen molar-refractivity contribution in [1.82, 2.24) is 19.8 Å². The highest BCUT2D eigenvalue weighted by atomic mass is 16.6. The number of likely N-dealkylation sites (tertiary alicyclic amines) is 2. The molecule has 0 atom stereocenters. The van der Waals surface area contributed by atoms with Gasteiger partial charge in [-0.1, -0.05) is 6.92 Å². The lowest BCUT2D eigenvalue weighted by Gasteiger charge is -2.41. The molecule has 0 bridgehead atoms. The first-order valence-electron chi connectivity index (χ1n) is 11.3. The van der Waals surface area contributed by atoms with E-state index in [0.717, 1.165) is 55.5 Å². The van der Waals surface area contributed by atoms with Gasteiger partial charge < -0.3 is 15.1 Å². The third-order valence-electron chi connectivity index (χ3n) is 6.56. The molecule has 0 amide bonds. The number of benzene rings is 1. The number of hydrogen-bond acceptors (Lipinski definition) is 7. The second kappa shape index (κ2) is 9.70. The molecule has 3 heterocycles. The van der Waals surface area contributed by atoms with Crippen LogP contribution in [0.2, 0.25) is 0 Å². The third kappa shape index (κ3) is 5.37. The average Bonchev–Trinajstić information content (AvgIpc) is 2.80. The van der Waals surface area contributed by atoms with Gasteiger partial charge in [0, 0.05) is 54.6 Å². The Hall–Kier alpha value is -2.58. The lowest BCUT2D eigenvalue weighted by Crippen LogP contribution is -2.48. The summed E-state index contributed by atoms with van der Waals surface area (Å²) in [6, 6.07) is 9.61. The summed E-state index contributed by atoms with van der Waals surface area (Å²) < 4.78 is 0. The van der Waals surface area contributed by atoms with E-state index >= 15 is 0 Å². The van der Waals surface area contributed by atoms with Gasteiger partial charge in [0.05, 0.1) is 4.92 Å². The van der Waals surface area contributed by atoms with E-state index in [-0.39, 0.29) is 5.69 Å². The second-order valence-corrected chi connectivity index (χ2v) is 8.71. The molecule has 1 aromatic carbocycles. The minimum atomic E-state index is -0.391. The van der Waals surface area contributed by atoms with Gasteiger partial charge in [-0.2, -0.15) is 0 Å². The van der Waals surface area contributed by atoms with Crippen LogP contribution in [0, 0.1) is 10.1 Å². The Morgan fingerprint density at radius 3 is 2.35 bits per heavy atom. The summed E-state index contributed by atoms with van der Waals surface area (Å²) in [5.41, 5.74) is 1.83. The van der Waals surface area contributed by atoms with Crippen LogP contribution in [-0.2, 0) is 6.42 Å². The van der Waals surface area contributed by atoms with Gasteiger partial charge in [0.25, 0.3) is 5.69 Å². The standard InChI is InChI=1S/C23H32N6O2/c1-3-18-16-22(26-23(25-18)17-4-6-21(7-5-17)29(30)31)24-19-8-14-28(15-9-19)20-10-12-27(2)13-11-20/h4-7,16,19-20H,3,8-15H2,1-2H3,(H,24,25,26). The molecule has 2 aromatic rings. The monoisotopic (exact) mass is 424 g/mol. The molecule has 2 saturated heterocycles. The van der Waals surface area contributed by atoms with Crippen LogP contribution in [0.4, 0.5) is 11.5 Å². The number of piperidine rings is 2. The lowest BCUT2D eigenvalue weighted by atomic mass is 9.98. The Labute approximate surface area is 183 Å². The van der Waals surface area contributed by atoms with E-state index in [1.165, 1.54) is 38.1 Å². The number of aromatic nitrogens is 2. The molecule has 8 heteroatoms. The summed E-state index contributed by atoms with van der Waals surface area (Å²) in [4.78, 5) is 25.0. The zero-order valence-electron chi connectivity index (χ0n) is 18.5. The van der Waals surface area contributed by atoms with Crippen LogP contribution in [0.3, 0.4) is 0 Å². The van der Waals surface area contributed by atoms with Crippen LogP contribution in [0.5, 0.6) is 0 Å². The molecule has 8 nitrogen and oxygen atoms in total. The number of aryl methyl sites for hydroxylation is 1. The van der Waals surface area contributed by atoms with Gasteiger partial charge in [-0.05, 0) is 64.4 Å². The molecular weight excluding hydrogens is 392 g/mol. The number of non-ortho nitro benzene ring substituents is 1. The summed E-state index contributed by atoms with van der Waals surface area (Å²) in [5, 5.41) is 14.6. The summed E-state index contributed by atoms with van der Waals surface area (Å²) >= 11 is 0. The van der Waals surface area contributed by atoms with Crippen molar-refractivity contribution in [3.63, 3.8) is 0 Å². The quantitative estimate of drug-likeness (QED) is 0.560. The Bertz CT molecular complexity index is 887. The van der Waals surface area contributed by atoms with Crippen molar-refractivity contribution in [2.45, 2.75) is 51.1 Å². The number of anilines is 1. The number of nitro benzene ring substituents is 1. The molecule has 0 spiro atoms. The average molecular weight is 425 g/mol. The van der Waals surface area contributed by atoms with Gasteiger partial charge >= 0.3 is 0 Å². The zero-order chi connectivity index (χ0) is 21.8. The first-order valence-corrected chi connectivity index (χ1v) is 11.3. The minimum absolute atomic E-state index is 0.0742. The van der Waals surface area contributed by atoms with Crippen molar-refractivity contribution >= 4 is 11.5 Å². The molecule has 2 aliphatic heterocycles. The van der Waals surface area contributed by atoms with Crippen molar-refractivity contribution < 1.29 is 4.92 Å². The Kier molecular flexibility index (Phi) is 6.77. The summed E-state index contributed by atoms with van der Waals surface area (Å²) in [7, 11) is 2.21. The number of rotatable bonds is 6. The fourth-order valence-electron chi connectivity index (χ4n) is 4.59. The van der Waals surface area contributed by atoms with Crippen molar-refractivity contribution in [2.24, 2.45) is 0 Å². The smallest absolute Gasteiger partial charge is 0.269 e. The molecular formula is C23H32N6O2. The fraction of sp³-hybridized carbons (Fsp3) is 0.565. The van der Waals surface area contributed by atoms with E-state index in [2.05, 4.69) is 34.1 Å². The van der Waals surface area contributed by atoms with Crippen LogP contribution < -0.4 is 5.32 Å². The van der Waals surface area contributed by atoms with Crippen LogP contribution >= 0.6 is 0 Å². The first-order chi connectivity index (χ1) is 15.0. The first kappa shape index (κ1) is 21.6. The topological polar surface area (TPSA) is 87.4 Å². The van der Waals surface area contributed by atoms with Crippen LogP contribution in [0.25, 0.3) is 11.4 Å². The van der Waals surface area contributed by atoms with E-state index in [9.17, 15) is 10.1 Å². The summed E-state index contributed by atoms with van der Waals surface area (Å²) in [5.74, 6) is 1.46. The number of nitrogens with zero attached hydrogens (tertiary/aromatic N) is 5. The van der Waals surface area contributed by atoms with Crippen LogP contribution in [-0.4, -0.2) is 70.0 Å². The molecule has 2 fully saturated rings. The fourth-order valence-corrected chi connectivity index (χ4v) is 4.59. The Balaban J connectivity index is 1.40. The molecule has 31 heavy (non-hydrogen) atoms. The van der Waals surface area contributed by atoms with E-state index in [0.29, 0.717) is 11.9 Å². The van der Waals surface area contributed by atoms with Gasteiger partial charge in [-0.3, -0.25) is 10.1 Å². The molecule has 1 aromatic heterocycles. The molecule has 0 unspecified atom stereocenters. The van der Waals surface area contributed by atoms with E-state index in [1.54, 1.807) is 12.1 Å². The van der Waals surface area contributed by atoms with Crippen molar-refractivity contribution in [3.8, 4) is 11.4 Å². The van der Waals surface area contributed by atoms with Gasteiger partial charge in [0.2, 0.25) is 0 Å². The number of nitrogens with one attached hydrogen (secondary N) is 1. The van der Waals surface area contributed by atoms with Gasteiger partial charge in [-0.25, -0.2) is 9.97 Å². The molecule has 4 rings (SSSR count). The molecule has 2 aliphatic rings. The van der Waals surface area contributed by atoms with E-state index in [1.807, 2.05) is 6.07 Å². The summed E-state index contributed by atoms with van der Waals surface area (Å²) in [6.45, 7) is 6.75. The van der Waals surface area contributed by atoms with Gasteiger partial charge in [-0.15, -0.1) is 0 Å². The molecule has 1 N–H and O–H groups in total. The maximum atomic E-state index is 10.9. The van der Waals surface area contributed by atoms with Gasteiger partial charge in [0.15, 0.2) is 5.82 Å². The highest BCUT2D eigenvalue weighted by Crippen LogP contribution is 2.25.